The van der Waals surface area contributed by atoms with E-state index in [1.807, 2.05) is 7.05 Å². The normalized spacial score (nSPS) is 19.9. The highest BCUT2D eigenvalue weighted by Gasteiger charge is 2.23. The minimum Gasteiger partial charge on any atom is -0.369 e. The maximum absolute atomic E-state index is 11.4. The van der Waals surface area contributed by atoms with Gasteiger partial charge in [0.1, 0.15) is 0 Å². The van der Waals surface area contributed by atoms with Crippen LogP contribution in [0.3, 0.4) is 0 Å². The number of nitrogens with one attached hydrogen (secondary N) is 2. The molecule has 0 aromatic heterocycles. The number of hydrogen-bond acceptors (Lipinski definition) is 4. The summed E-state index contributed by atoms with van der Waals surface area (Å²) in [5.41, 5.74) is 5.45. The van der Waals surface area contributed by atoms with Gasteiger partial charge in [0, 0.05) is 26.2 Å². The third-order valence-corrected chi connectivity index (χ3v) is 5.46. The smallest absolute Gasteiger partial charge is 0.221 e. The average Bonchev–Trinajstić information content (AvgIpc) is 2.67. The Hall–Kier alpha value is -1.34. The van der Waals surface area contributed by atoms with Gasteiger partial charge in [0.05, 0.1) is 5.92 Å². The van der Waals surface area contributed by atoms with E-state index in [2.05, 4.69) is 46.2 Å². The van der Waals surface area contributed by atoms with Gasteiger partial charge in [-0.15, -0.1) is 0 Å². The number of aliphatic imine (C=N–C) groups is 1. The fourth-order valence-corrected chi connectivity index (χ4v) is 3.66. The fourth-order valence-electron chi connectivity index (χ4n) is 3.66. The third-order valence-electron chi connectivity index (χ3n) is 5.46. The lowest BCUT2D eigenvalue weighted by Gasteiger charge is -2.31. The van der Waals surface area contributed by atoms with Gasteiger partial charge in [-0.3, -0.25) is 9.79 Å². The van der Waals surface area contributed by atoms with Crippen LogP contribution in [0.5, 0.6) is 0 Å². The Morgan fingerprint density at radius 3 is 2.70 bits per heavy atom. The number of carbonyl (C=O) groups is 1. The van der Waals surface area contributed by atoms with Crippen molar-refractivity contribution in [3.05, 3.63) is 0 Å². The standard InChI is InChI=1S/C20H42N6O/c1-5-25(6-2)13-7-10-17(3)24-20(22-4)23-12-9-15-26-14-8-11-18(16-26)19(21)27/h17-18H,5-16H2,1-4H3,(H2,21,27)(H2,22,23,24). The van der Waals surface area contributed by atoms with Gasteiger partial charge in [0.25, 0.3) is 0 Å². The summed E-state index contributed by atoms with van der Waals surface area (Å²) in [5, 5.41) is 6.89. The van der Waals surface area contributed by atoms with E-state index in [-0.39, 0.29) is 11.8 Å². The number of rotatable bonds is 12. The van der Waals surface area contributed by atoms with Crippen LogP contribution in [-0.2, 0) is 4.79 Å². The molecule has 2 atom stereocenters. The number of guanidine groups is 1. The first kappa shape index (κ1) is 23.7. The van der Waals surface area contributed by atoms with Crippen molar-refractivity contribution in [1.82, 2.24) is 20.4 Å². The highest BCUT2D eigenvalue weighted by atomic mass is 16.1. The average molecular weight is 383 g/mol. The van der Waals surface area contributed by atoms with Crippen molar-refractivity contribution in [3.63, 3.8) is 0 Å². The van der Waals surface area contributed by atoms with Gasteiger partial charge in [-0.25, -0.2) is 0 Å². The number of likely N-dealkylation sites (tertiary alicyclic amines) is 1. The van der Waals surface area contributed by atoms with Gasteiger partial charge in [0.2, 0.25) is 5.91 Å². The van der Waals surface area contributed by atoms with Gasteiger partial charge in [0.15, 0.2) is 5.96 Å². The number of nitrogens with zero attached hydrogens (tertiary/aromatic N) is 3. The van der Waals surface area contributed by atoms with E-state index in [9.17, 15) is 4.79 Å². The molecular weight excluding hydrogens is 340 g/mol. The van der Waals surface area contributed by atoms with Crippen LogP contribution in [-0.4, -0.2) is 80.6 Å². The quantitative estimate of drug-likeness (QED) is 0.269. The number of piperidine rings is 1. The molecule has 27 heavy (non-hydrogen) atoms. The number of nitrogens with two attached hydrogens (primary N) is 1. The predicted octanol–water partition coefficient (Wildman–Crippen LogP) is 1.25. The summed E-state index contributed by atoms with van der Waals surface area (Å²) >= 11 is 0. The first-order valence-electron chi connectivity index (χ1n) is 10.7. The summed E-state index contributed by atoms with van der Waals surface area (Å²) in [4.78, 5) is 20.5. The Morgan fingerprint density at radius 1 is 1.33 bits per heavy atom. The van der Waals surface area contributed by atoms with Crippen molar-refractivity contribution >= 4 is 11.9 Å². The minimum absolute atomic E-state index is 0.0262. The second-order valence-electron chi connectivity index (χ2n) is 7.61. The van der Waals surface area contributed by atoms with Crippen LogP contribution in [0.2, 0.25) is 0 Å². The first-order valence-corrected chi connectivity index (χ1v) is 10.7. The molecule has 1 aliphatic heterocycles. The summed E-state index contributed by atoms with van der Waals surface area (Å²) in [5.74, 6) is 0.745. The lowest BCUT2D eigenvalue weighted by atomic mass is 9.97. The van der Waals surface area contributed by atoms with Crippen LogP contribution < -0.4 is 16.4 Å². The lowest BCUT2D eigenvalue weighted by Crippen LogP contribution is -2.44. The summed E-state index contributed by atoms with van der Waals surface area (Å²) in [6, 6.07) is 0.408. The van der Waals surface area contributed by atoms with Gasteiger partial charge < -0.3 is 26.2 Å². The monoisotopic (exact) mass is 382 g/mol. The van der Waals surface area contributed by atoms with Crippen LogP contribution >= 0.6 is 0 Å². The summed E-state index contributed by atoms with van der Waals surface area (Å²) < 4.78 is 0. The molecule has 158 valence electrons. The van der Waals surface area contributed by atoms with E-state index in [4.69, 9.17) is 5.73 Å². The molecular formula is C20H42N6O. The molecule has 0 radical (unpaired) electrons. The van der Waals surface area contributed by atoms with Crippen molar-refractivity contribution in [2.45, 2.75) is 58.9 Å². The summed E-state index contributed by atoms with van der Waals surface area (Å²) in [6.07, 6.45) is 5.37. The lowest BCUT2D eigenvalue weighted by molar-refractivity contribution is -0.123. The zero-order valence-electron chi connectivity index (χ0n) is 18.0. The maximum atomic E-state index is 11.4. The van der Waals surface area contributed by atoms with Crippen molar-refractivity contribution in [3.8, 4) is 0 Å². The predicted molar refractivity (Wildman–Crippen MR) is 114 cm³/mol. The third kappa shape index (κ3) is 9.96. The van der Waals surface area contributed by atoms with Gasteiger partial charge >= 0.3 is 0 Å². The zero-order chi connectivity index (χ0) is 20.1. The Bertz CT molecular complexity index is 438. The van der Waals surface area contributed by atoms with Gasteiger partial charge in [-0.2, -0.15) is 0 Å². The van der Waals surface area contributed by atoms with E-state index in [1.54, 1.807) is 0 Å². The van der Waals surface area contributed by atoms with Crippen molar-refractivity contribution in [2.75, 3.05) is 52.9 Å². The molecule has 1 heterocycles. The molecule has 0 aliphatic carbocycles. The molecule has 4 N–H and O–H groups in total. The highest BCUT2D eigenvalue weighted by Crippen LogP contribution is 2.15. The second kappa shape index (κ2) is 13.8. The molecule has 0 spiro atoms. The van der Waals surface area contributed by atoms with Crippen LogP contribution in [0.1, 0.15) is 52.9 Å². The summed E-state index contributed by atoms with van der Waals surface area (Å²) in [7, 11) is 1.82. The maximum Gasteiger partial charge on any atom is 0.221 e. The Kier molecular flexibility index (Phi) is 12.1. The number of primary amides is 1. The molecule has 0 aromatic carbocycles. The van der Waals surface area contributed by atoms with Crippen LogP contribution in [0.25, 0.3) is 0 Å². The molecule has 7 nitrogen and oxygen atoms in total. The molecule has 0 aromatic rings. The van der Waals surface area contributed by atoms with Crippen molar-refractivity contribution in [2.24, 2.45) is 16.6 Å². The minimum atomic E-state index is -0.155. The molecule has 1 rings (SSSR count). The molecule has 1 aliphatic rings. The second-order valence-corrected chi connectivity index (χ2v) is 7.61. The van der Waals surface area contributed by atoms with Gasteiger partial charge in [-0.1, -0.05) is 13.8 Å². The van der Waals surface area contributed by atoms with Crippen LogP contribution in [0, 0.1) is 5.92 Å². The fraction of sp³-hybridized carbons (Fsp3) is 0.900. The number of carbonyl (C=O) groups excluding carboxylic acids is 1. The largest absolute Gasteiger partial charge is 0.369 e. The summed E-state index contributed by atoms with van der Waals surface area (Å²) in [6.45, 7) is 13.8. The Balaban J connectivity index is 2.17. The molecule has 0 bridgehead atoms. The van der Waals surface area contributed by atoms with E-state index >= 15 is 0 Å². The molecule has 1 fully saturated rings. The topological polar surface area (TPSA) is 86.0 Å². The molecule has 1 saturated heterocycles. The van der Waals surface area contributed by atoms with Crippen molar-refractivity contribution < 1.29 is 4.79 Å². The molecule has 0 saturated carbocycles. The highest BCUT2D eigenvalue weighted by molar-refractivity contribution is 5.79. The van der Waals surface area contributed by atoms with Crippen molar-refractivity contribution in [1.29, 1.82) is 0 Å². The Labute approximate surface area is 166 Å². The number of hydrogen-bond donors (Lipinski definition) is 3. The van der Waals surface area contributed by atoms with E-state index in [0.717, 1.165) is 77.5 Å². The van der Waals surface area contributed by atoms with E-state index in [1.165, 1.54) is 6.42 Å². The van der Waals surface area contributed by atoms with E-state index < -0.39 is 0 Å². The van der Waals surface area contributed by atoms with Crippen LogP contribution in [0.15, 0.2) is 4.99 Å². The molecule has 1 amide bonds. The number of amides is 1. The SMILES string of the molecule is CCN(CC)CCCC(C)NC(=NC)NCCCN1CCCC(C(N)=O)C1. The Morgan fingerprint density at radius 2 is 2.07 bits per heavy atom. The van der Waals surface area contributed by atoms with Crippen LogP contribution in [0.4, 0.5) is 0 Å². The first-order chi connectivity index (χ1) is 13.0. The molecule has 2 unspecified atom stereocenters. The van der Waals surface area contributed by atoms with E-state index in [0.29, 0.717) is 6.04 Å². The van der Waals surface area contributed by atoms with Gasteiger partial charge in [-0.05, 0) is 71.8 Å². The zero-order valence-corrected chi connectivity index (χ0v) is 18.0. The molecule has 7 heteroatoms.